The number of benzene rings is 1. The second-order valence-electron chi connectivity index (χ2n) is 2.71. The molecule has 2 aromatic rings. The Morgan fingerprint density at radius 2 is 2.15 bits per heavy atom. The zero-order valence-electron chi connectivity index (χ0n) is 7.52. The number of imidazole rings is 1. The standard InChI is InChI=1S/C9H10N2O.ClH/c1-11-6-10-8-5-7(12-2)3-4-9(8)11;/h3-6H,1-2H3;1H. The number of ether oxygens (including phenoxy) is 1. The fourth-order valence-corrected chi connectivity index (χ4v) is 1.24. The van der Waals surface area contributed by atoms with Gasteiger partial charge in [-0.05, 0) is 12.1 Å². The summed E-state index contributed by atoms with van der Waals surface area (Å²) in [5.74, 6) is 0.848. The van der Waals surface area contributed by atoms with Gasteiger partial charge in [-0.25, -0.2) is 4.98 Å². The monoisotopic (exact) mass is 198 g/mol. The van der Waals surface area contributed by atoms with E-state index in [9.17, 15) is 0 Å². The van der Waals surface area contributed by atoms with E-state index in [0.29, 0.717) is 0 Å². The van der Waals surface area contributed by atoms with E-state index in [1.807, 2.05) is 29.8 Å². The van der Waals surface area contributed by atoms with Crippen molar-refractivity contribution in [3.63, 3.8) is 0 Å². The molecule has 0 saturated heterocycles. The lowest BCUT2D eigenvalue weighted by Crippen LogP contribution is -1.84. The van der Waals surface area contributed by atoms with Crippen LogP contribution in [-0.2, 0) is 7.05 Å². The molecule has 0 spiro atoms. The molecule has 70 valence electrons. The first-order chi connectivity index (χ1) is 5.81. The van der Waals surface area contributed by atoms with Crippen LogP contribution in [0, 0.1) is 0 Å². The lowest BCUT2D eigenvalue weighted by molar-refractivity contribution is 0.415. The van der Waals surface area contributed by atoms with E-state index in [4.69, 9.17) is 4.74 Å². The zero-order valence-corrected chi connectivity index (χ0v) is 8.34. The summed E-state index contributed by atoms with van der Waals surface area (Å²) in [6.07, 6.45) is 1.80. The average Bonchev–Trinajstić information content (AvgIpc) is 2.47. The van der Waals surface area contributed by atoms with Gasteiger partial charge in [0.05, 0.1) is 24.5 Å². The third-order valence-electron chi connectivity index (χ3n) is 1.93. The van der Waals surface area contributed by atoms with Crippen molar-refractivity contribution in [2.24, 2.45) is 7.05 Å². The highest BCUT2D eigenvalue weighted by Crippen LogP contribution is 2.18. The summed E-state index contributed by atoms with van der Waals surface area (Å²) in [5.41, 5.74) is 2.09. The molecule has 0 bridgehead atoms. The molecule has 1 aromatic carbocycles. The summed E-state index contributed by atoms with van der Waals surface area (Å²) in [6, 6.07) is 5.86. The summed E-state index contributed by atoms with van der Waals surface area (Å²) in [4.78, 5) is 4.21. The van der Waals surface area contributed by atoms with Gasteiger partial charge in [-0.3, -0.25) is 0 Å². The lowest BCUT2D eigenvalue weighted by Gasteiger charge is -1.98. The molecule has 0 fully saturated rings. The molecule has 0 aliphatic rings. The molecule has 0 radical (unpaired) electrons. The van der Waals surface area contributed by atoms with Crippen molar-refractivity contribution in [3.05, 3.63) is 24.5 Å². The Morgan fingerprint density at radius 3 is 2.85 bits per heavy atom. The molecule has 0 N–H and O–H groups in total. The predicted molar refractivity (Wildman–Crippen MR) is 54.5 cm³/mol. The minimum Gasteiger partial charge on any atom is -0.497 e. The van der Waals surface area contributed by atoms with Gasteiger partial charge in [-0.2, -0.15) is 0 Å². The quantitative estimate of drug-likeness (QED) is 0.701. The molecule has 0 atom stereocenters. The smallest absolute Gasteiger partial charge is 0.121 e. The number of aryl methyl sites for hydroxylation is 1. The van der Waals surface area contributed by atoms with Crippen LogP contribution in [0.2, 0.25) is 0 Å². The molecule has 4 heteroatoms. The first-order valence-corrected chi connectivity index (χ1v) is 3.76. The highest BCUT2D eigenvalue weighted by atomic mass is 35.5. The largest absolute Gasteiger partial charge is 0.497 e. The Hall–Kier alpha value is -1.22. The van der Waals surface area contributed by atoms with Crippen molar-refractivity contribution in [2.45, 2.75) is 0 Å². The summed E-state index contributed by atoms with van der Waals surface area (Å²) >= 11 is 0. The number of nitrogens with zero attached hydrogens (tertiary/aromatic N) is 2. The van der Waals surface area contributed by atoms with Crippen molar-refractivity contribution in [3.8, 4) is 5.75 Å². The predicted octanol–water partition coefficient (Wildman–Crippen LogP) is 2.00. The first kappa shape index (κ1) is 9.86. The maximum Gasteiger partial charge on any atom is 0.121 e. The molecule has 1 heterocycles. The van der Waals surface area contributed by atoms with Crippen LogP contribution in [0.1, 0.15) is 0 Å². The third-order valence-corrected chi connectivity index (χ3v) is 1.93. The molecule has 0 aliphatic heterocycles. The van der Waals surface area contributed by atoms with Gasteiger partial charge in [0.15, 0.2) is 0 Å². The van der Waals surface area contributed by atoms with Crippen LogP contribution < -0.4 is 4.74 Å². The Bertz CT molecular complexity index is 411. The minimum atomic E-state index is 0. The second-order valence-corrected chi connectivity index (χ2v) is 2.71. The number of hydrogen-bond acceptors (Lipinski definition) is 2. The van der Waals surface area contributed by atoms with Crippen LogP contribution in [0.4, 0.5) is 0 Å². The van der Waals surface area contributed by atoms with Crippen LogP contribution in [0.5, 0.6) is 5.75 Å². The van der Waals surface area contributed by atoms with E-state index in [0.717, 1.165) is 16.8 Å². The maximum atomic E-state index is 5.08. The Balaban J connectivity index is 0.000000845. The van der Waals surface area contributed by atoms with E-state index in [-0.39, 0.29) is 12.4 Å². The maximum absolute atomic E-state index is 5.08. The molecule has 13 heavy (non-hydrogen) atoms. The molecule has 2 rings (SSSR count). The molecule has 0 amide bonds. The first-order valence-electron chi connectivity index (χ1n) is 3.76. The van der Waals surface area contributed by atoms with Gasteiger partial charge >= 0.3 is 0 Å². The zero-order chi connectivity index (χ0) is 8.55. The third kappa shape index (κ3) is 1.60. The van der Waals surface area contributed by atoms with Gasteiger partial charge in [0.25, 0.3) is 0 Å². The van der Waals surface area contributed by atoms with E-state index >= 15 is 0 Å². The van der Waals surface area contributed by atoms with E-state index < -0.39 is 0 Å². The van der Waals surface area contributed by atoms with Crippen molar-refractivity contribution in [1.29, 1.82) is 0 Å². The SMILES string of the molecule is COc1ccc2c(c1)ncn2C.Cl. The molecule has 3 nitrogen and oxygen atoms in total. The number of fused-ring (bicyclic) bond motifs is 1. The van der Waals surface area contributed by atoms with Crippen LogP contribution >= 0.6 is 12.4 Å². The van der Waals surface area contributed by atoms with Gasteiger partial charge in [0.2, 0.25) is 0 Å². The molecule has 0 saturated carbocycles. The van der Waals surface area contributed by atoms with Crippen LogP contribution in [-0.4, -0.2) is 16.7 Å². The molecular weight excluding hydrogens is 188 g/mol. The number of methoxy groups -OCH3 is 1. The van der Waals surface area contributed by atoms with Crippen LogP contribution in [0.3, 0.4) is 0 Å². The molecule has 0 aliphatic carbocycles. The Kier molecular flexibility index (Phi) is 2.78. The normalized spacial score (nSPS) is 9.69. The van der Waals surface area contributed by atoms with Crippen molar-refractivity contribution >= 4 is 23.4 Å². The second kappa shape index (κ2) is 3.66. The fraction of sp³-hybridized carbons (Fsp3) is 0.222. The summed E-state index contributed by atoms with van der Waals surface area (Å²) in [6.45, 7) is 0. The highest BCUT2D eigenvalue weighted by Gasteiger charge is 1.99. The minimum absolute atomic E-state index is 0. The summed E-state index contributed by atoms with van der Waals surface area (Å²) in [5, 5.41) is 0. The molecule has 1 aromatic heterocycles. The topological polar surface area (TPSA) is 27.1 Å². The lowest BCUT2D eigenvalue weighted by atomic mass is 10.3. The number of hydrogen-bond donors (Lipinski definition) is 0. The van der Waals surface area contributed by atoms with Gasteiger partial charge in [-0.15, -0.1) is 12.4 Å². The summed E-state index contributed by atoms with van der Waals surface area (Å²) in [7, 11) is 3.63. The van der Waals surface area contributed by atoms with Gasteiger partial charge in [0.1, 0.15) is 5.75 Å². The number of rotatable bonds is 1. The van der Waals surface area contributed by atoms with E-state index in [2.05, 4.69) is 4.98 Å². The van der Waals surface area contributed by atoms with Gasteiger partial charge in [-0.1, -0.05) is 0 Å². The summed E-state index contributed by atoms with van der Waals surface area (Å²) < 4.78 is 7.06. The molecular formula is C9H11ClN2O. The van der Waals surface area contributed by atoms with Gasteiger partial charge in [0, 0.05) is 13.1 Å². The van der Waals surface area contributed by atoms with E-state index in [1.54, 1.807) is 13.4 Å². The fourth-order valence-electron chi connectivity index (χ4n) is 1.24. The van der Waals surface area contributed by atoms with E-state index in [1.165, 1.54) is 0 Å². The van der Waals surface area contributed by atoms with Crippen molar-refractivity contribution < 1.29 is 4.74 Å². The van der Waals surface area contributed by atoms with Crippen LogP contribution in [0.25, 0.3) is 11.0 Å². The van der Waals surface area contributed by atoms with Crippen LogP contribution in [0.15, 0.2) is 24.5 Å². The highest BCUT2D eigenvalue weighted by molar-refractivity contribution is 5.85. The number of aromatic nitrogens is 2. The molecule has 0 unspecified atom stereocenters. The van der Waals surface area contributed by atoms with Crippen molar-refractivity contribution in [1.82, 2.24) is 9.55 Å². The Morgan fingerprint density at radius 1 is 1.38 bits per heavy atom. The average molecular weight is 199 g/mol. The number of halogens is 1. The van der Waals surface area contributed by atoms with Gasteiger partial charge < -0.3 is 9.30 Å². The van der Waals surface area contributed by atoms with Crippen molar-refractivity contribution in [2.75, 3.05) is 7.11 Å². The Labute approximate surface area is 82.7 Å².